The number of carbonyl (C=O) groups is 2. The van der Waals surface area contributed by atoms with E-state index < -0.39 is 0 Å². The smallest absolute Gasteiger partial charge is 0.253 e. The molecular weight excluding hydrogens is 323 g/mol. The molecule has 2 heterocycles. The van der Waals surface area contributed by atoms with Crippen LogP contribution in [-0.2, 0) is 4.79 Å². The molecule has 2 saturated heterocycles. The van der Waals surface area contributed by atoms with Gasteiger partial charge in [-0.05, 0) is 37.1 Å². The fourth-order valence-electron chi connectivity index (χ4n) is 3.45. The maximum Gasteiger partial charge on any atom is 0.253 e. The van der Waals surface area contributed by atoms with E-state index in [0.717, 1.165) is 19.3 Å². The minimum atomic E-state index is -0.356. The van der Waals surface area contributed by atoms with E-state index in [1.54, 1.807) is 4.90 Å². The lowest BCUT2D eigenvalue weighted by atomic mass is 10.0. The van der Waals surface area contributed by atoms with Crippen molar-refractivity contribution >= 4 is 11.8 Å². The summed E-state index contributed by atoms with van der Waals surface area (Å²) in [7, 11) is 0. The summed E-state index contributed by atoms with van der Waals surface area (Å²) in [5.74, 6) is -0.373. The number of hydrogen-bond acceptors (Lipinski definition) is 4. The summed E-state index contributed by atoms with van der Waals surface area (Å²) in [4.78, 5) is 28.6. The Balaban J connectivity index is 1.51. The average Bonchev–Trinajstić information content (AvgIpc) is 3.10. The van der Waals surface area contributed by atoms with Crippen LogP contribution in [-0.4, -0.2) is 59.9 Å². The van der Waals surface area contributed by atoms with E-state index >= 15 is 0 Å². The van der Waals surface area contributed by atoms with Crippen molar-refractivity contribution in [3.63, 3.8) is 0 Å². The van der Waals surface area contributed by atoms with Gasteiger partial charge in [0.25, 0.3) is 5.91 Å². The molecular formula is C18H25FN4O2. The summed E-state index contributed by atoms with van der Waals surface area (Å²) in [6.07, 6.45) is 2.95. The van der Waals surface area contributed by atoms with Crippen LogP contribution in [0.1, 0.15) is 36.5 Å². The number of benzene rings is 1. The number of nitrogens with zero attached hydrogens (tertiary/aromatic N) is 2. The lowest BCUT2D eigenvalue weighted by Crippen LogP contribution is -2.54. The predicted octanol–water partition coefficient (Wildman–Crippen LogP) is 1.15. The summed E-state index contributed by atoms with van der Waals surface area (Å²) < 4.78 is 13.0. The van der Waals surface area contributed by atoms with Crippen LogP contribution in [0.2, 0.25) is 0 Å². The van der Waals surface area contributed by atoms with Gasteiger partial charge in [-0.15, -0.1) is 0 Å². The molecule has 2 N–H and O–H groups in total. The monoisotopic (exact) mass is 348 g/mol. The van der Waals surface area contributed by atoms with Crippen molar-refractivity contribution in [2.24, 2.45) is 0 Å². The molecule has 0 saturated carbocycles. The highest BCUT2D eigenvalue weighted by Gasteiger charge is 2.33. The zero-order chi connectivity index (χ0) is 17.8. The predicted molar refractivity (Wildman–Crippen MR) is 92.3 cm³/mol. The van der Waals surface area contributed by atoms with Gasteiger partial charge >= 0.3 is 0 Å². The highest BCUT2D eigenvalue weighted by Crippen LogP contribution is 2.15. The van der Waals surface area contributed by atoms with Gasteiger partial charge in [-0.3, -0.25) is 15.0 Å². The molecule has 3 rings (SSSR count). The number of hydrazine groups is 1. The van der Waals surface area contributed by atoms with Gasteiger partial charge in [0, 0.05) is 37.8 Å². The van der Waals surface area contributed by atoms with Gasteiger partial charge in [-0.2, -0.15) is 0 Å². The van der Waals surface area contributed by atoms with E-state index in [4.69, 9.17) is 0 Å². The first-order valence-electron chi connectivity index (χ1n) is 8.93. The molecule has 0 spiro atoms. The Labute approximate surface area is 147 Å². The Kier molecular flexibility index (Phi) is 5.65. The van der Waals surface area contributed by atoms with Gasteiger partial charge in [0.05, 0.1) is 0 Å². The molecule has 2 fully saturated rings. The van der Waals surface area contributed by atoms with Crippen molar-refractivity contribution in [3.8, 4) is 0 Å². The molecule has 136 valence electrons. The number of amides is 2. The van der Waals surface area contributed by atoms with Crippen molar-refractivity contribution in [2.75, 3.05) is 26.2 Å². The van der Waals surface area contributed by atoms with Crippen LogP contribution in [0, 0.1) is 5.82 Å². The third-order valence-electron chi connectivity index (χ3n) is 4.89. The first-order valence-corrected chi connectivity index (χ1v) is 8.93. The number of carbonyl (C=O) groups excluding carboxylic acids is 2. The molecule has 0 bridgehead atoms. The van der Waals surface area contributed by atoms with Crippen molar-refractivity contribution in [2.45, 2.75) is 38.3 Å². The van der Waals surface area contributed by atoms with Crippen molar-refractivity contribution < 1.29 is 14.0 Å². The second kappa shape index (κ2) is 7.93. The lowest BCUT2D eigenvalue weighted by Gasteiger charge is -2.36. The van der Waals surface area contributed by atoms with Crippen molar-refractivity contribution in [1.29, 1.82) is 0 Å². The molecule has 2 unspecified atom stereocenters. The van der Waals surface area contributed by atoms with E-state index in [9.17, 15) is 14.0 Å². The molecule has 7 heteroatoms. The molecule has 2 atom stereocenters. The standard InChI is InChI=1S/C18H25FN4O2/c1-2-3-15-12-16(21-20-15)18(25)23-10-8-22(9-11-23)17(24)13-4-6-14(19)7-5-13/h4-7,15-16,20-21H,2-3,8-12H2,1H3. The maximum absolute atomic E-state index is 13.0. The molecule has 1 aromatic rings. The summed E-state index contributed by atoms with van der Waals surface area (Å²) in [5.41, 5.74) is 6.76. The summed E-state index contributed by atoms with van der Waals surface area (Å²) in [5, 5.41) is 0. The molecule has 0 radical (unpaired) electrons. The molecule has 25 heavy (non-hydrogen) atoms. The number of piperazine rings is 1. The van der Waals surface area contributed by atoms with Gasteiger partial charge in [0.2, 0.25) is 5.91 Å². The molecule has 2 aliphatic heterocycles. The van der Waals surface area contributed by atoms with Crippen LogP contribution >= 0.6 is 0 Å². The van der Waals surface area contributed by atoms with Crippen LogP contribution in [0.4, 0.5) is 4.39 Å². The Bertz CT molecular complexity index is 614. The fraction of sp³-hybridized carbons (Fsp3) is 0.556. The van der Waals surface area contributed by atoms with Crippen LogP contribution in [0.3, 0.4) is 0 Å². The van der Waals surface area contributed by atoms with E-state index in [2.05, 4.69) is 17.8 Å². The molecule has 6 nitrogen and oxygen atoms in total. The molecule has 0 aromatic heterocycles. The third kappa shape index (κ3) is 4.16. The highest BCUT2D eigenvalue weighted by molar-refractivity contribution is 5.94. The van der Waals surface area contributed by atoms with Crippen LogP contribution < -0.4 is 10.9 Å². The minimum Gasteiger partial charge on any atom is -0.338 e. The zero-order valence-corrected chi connectivity index (χ0v) is 14.5. The Morgan fingerprint density at radius 1 is 1.08 bits per heavy atom. The van der Waals surface area contributed by atoms with E-state index in [1.165, 1.54) is 24.3 Å². The van der Waals surface area contributed by atoms with Crippen LogP contribution in [0.15, 0.2) is 24.3 Å². The summed E-state index contributed by atoms with van der Waals surface area (Å²) >= 11 is 0. The van der Waals surface area contributed by atoms with Gasteiger partial charge in [0.1, 0.15) is 11.9 Å². The summed E-state index contributed by atoms with van der Waals surface area (Å²) in [6.45, 7) is 4.19. The first-order chi connectivity index (χ1) is 12.1. The Morgan fingerprint density at radius 3 is 2.36 bits per heavy atom. The van der Waals surface area contributed by atoms with E-state index in [0.29, 0.717) is 37.8 Å². The SMILES string of the molecule is CCCC1CC(C(=O)N2CCN(C(=O)c3ccc(F)cc3)CC2)NN1. The van der Waals surface area contributed by atoms with E-state index in [-0.39, 0.29) is 23.7 Å². The van der Waals surface area contributed by atoms with Crippen molar-refractivity contribution in [3.05, 3.63) is 35.6 Å². The number of rotatable bonds is 4. The fourth-order valence-corrected chi connectivity index (χ4v) is 3.45. The van der Waals surface area contributed by atoms with Gasteiger partial charge in [-0.25, -0.2) is 9.82 Å². The number of nitrogens with one attached hydrogen (secondary N) is 2. The van der Waals surface area contributed by atoms with E-state index in [1.807, 2.05) is 4.90 Å². The molecule has 2 amide bonds. The second-order valence-corrected chi connectivity index (χ2v) is 6.69. The Hall–Kier alpha value is -1.99. The average molecular weight is 348 g/mol. The van der Waals surface area contributed by atoms with Crippen LogP contribution in [0.25, 0.3) is 0 Å². The molecule has 0 aliphatic carbocycles. The van der Waals surface area contributed by atoms with Gasteiger partial charge in [-0.1, -0.05) is 13.3 Å². The van der Waals surface area contributed by atoms with Crippen LogP contribution in [0.5, 0.6) is 0 Å². The van der Waals surface area contributed by atoms with Gasteiger partial charge < -0.3 is 9.80 Å². The number of hydrogen-bond donors (Lipinski definition) is 2. The second-order valence-electron chi connectivity index (χ2n) is 6.69. The zero-order valence-electron chi connectivity index (χ0n) is 14.5. The normalized spacial score (nSPS) is 23.8. The van der Waals surface area contributed by atoms with Gasteiger partial charge in [0.15, 0.2) is 0 Å². The molecule has 1 aromatic carbocycles. The number of halogens is 1. The maximum atomic E-state index is 13.0. The van der Waals surface area contributed by atoms with Crippen molar-refractivity contribution in [1.82, 2.24) is 20.7 Å². The minimum absolute atomic E-state index is 0.0972. The highest BCUT2D eigenvalue weighted by atomic mass is 19.1. The Morgan fingerprint density at radius 2 is 1.72 bits per heavy atom. The quantitative estimate of drug-likeness (QED) is 0.857. The largest absolute Gasteiger partial charge is 0.338 e. The third-order valence-corrected chi connectivity index (χ3v) is 4.89. The topological polar surface area (TPSA) is 64.7 Å². The molecule has 2 aliphatic rings. The lowest BCUT2D eigenvalue weighted by molar-refractivity contribution is -0.134. The first kappa shape index (κ1) is 17.8. The summed E-state index contributed by atoms with van der Waals surface area (Å²) in [6, 6.07) is 5.74.